The molecule has 10 heteroatoms. The second-order valence-electron chi connectivity index (χ2n) is 4.12. The fourth-order valence-electron chi connectivity index (χ4n) is 1.91. The molecule has 0 amide bonds. The summed E-state index contributed by atoms with van der Waals surface area (Å²) in [7, 11) is -3.87. The van der Waals surface area contributed by atoms with Crippen molar-refractivity contribution in [1.82, 2.24) is 9.62 Å². The smallest absolute Gasteiger partial charge is 0.307 e. The van der Waals surface area contributed by atoms with E-state index in [0.717, 1.165) is 0 Å². The highest BCUT2D eigenvalue weighted by molar-refractivity contribution is 7.89. The van der Waals surface area contributed by atoms with Crippen LogP contribution >= 0.6 is 23.2 Å². The van der Waals surface area contributed by atoms with Crippen molar-refractivity contribution in [1.29, 1.82) is 0 Å². The van der Waals surface area contributed by atoms with Gasteiger partial charge in [0.15, 0.2) is 0 Å². The lowest BCUT2D eigenvalue weighted by atomic mass is 10.3. The number of sulfonamides is 1. The minimum atomic E-state index is -3.87. The van der Waals surface area contributed by atoms with Gasteiger partial charge in [-0.1, -0.05) is 23.2 Å². The number of nitro benzene ring substituents is 1. The molecule has 2 rings (SSSR count). The summed E-state index contributed by atoms with van der Waals surface area (Å²) in [6.45, 7) is 1.61. The van der Waals surface area contributed by atoms with Crippen molar-refractivity contribution >= 4 is 38.9 Å². The van der Waals surface area contributed by atoms with Crippen molar-refractivity contribution in [3.8, 4) is 0 Å². The van der Waals surface area contributed by atoms with Gasteiger partial charge < -0.3 is 5.32 Å². The molecule has 1 heterocycles. The van der Waals surface area contributed by atoms with Crippen LogP contribution in [0.25, 0.3) is 0 Å². The van der Waals surface area contributed by atoms with Gasteiger partial charge in [0.25, 0.3) is 0 Å². The van der Waals surface area contributed by atoms with Crippen LogP contribution in [0.2, 0.25) is 10.0 Å². The van der Waals surface area contributed by atoms with Crippen LogP contribution in [-0.4, -0.2) is 43.8 Å². The van der Waals surface area contributed by atoms with Gasteiger partial charge in [0, 0.05) is 26.2 Å². The molecule has 0 bridgehead atoms. The Morgan fingerprint density at radius 1 is 1.25 bits per heavy atom. The first-order valence-electron chi connectivity index (χ1n) is 5.69. The van der Waals surface area contributed by atoms with Crippen LogP contribution < -0.4 is 5.32 Å². The number of halogens is 2. The zero-order valence-corrected chi connectivity index (χ0v) is 12.5. The average Bonchev–Trinajstić information content (AvgIpc) is 2.39. The monoisotopic (exact) mass is 339 g/mol. The third-order valence-electron chi connectivity index (χ3n) is 2.91. The Hall–Kier alpha value is -0.930. The number of rotatable bonds is 3. The first kappa shape index (κ1) is 15.5. The van der Waals surface area contributed by atoms with Gasteiger partial charge in [-0.3, -0.25) is 10.1 Å². The van der Waals surface area contributed by atoms with E-state index in [2.05, 4.69) is 5.32 Å². The molecule has 1 aliphatic heterocycles. The van der Waals surface area contributed by atoms with Crippen molar-refractivity contribution in [2.24, 2.45) is 0 Å². The molecule has 0 unspecified atom stereocenters. The van der Waals surface area contributed by atoms with Gasteiger partial charge in [0.2, 0.25) is 10.0 Å². The van der Waals surface area contributed by atoms with Crippen LogP contribution in [-0.2, 0) is 10.0 Å². The van der Waals surface area contributed by atoms with Crippen LogP contribution in [0.5, 0.6) is 0 Å². The molecule has 7 nitrogen and oxygen atoms in total. The summed E-state index contributed by atoms with van der Waals surface area (Å²) in [6, 6.07) is 2.36. The van der Waals surface area contributed by atoms with E-state index in [-0.39, 0.29) is 23.0 Å². The Bertz CT molecular complexity index is 644. The molecule has 0 radical (unpaired) electrons. The summed E-state index contributed by atoms with van der Waals surface area (Å²) in [5, 5.41) is 13.3. The molecule has 1 aromatic rings. The molecule has 20 heavy (non-hydrogen) atoms. The van der Waals surface area contributed by atoms with Crippen molar-refractivity contribution in [2.45, 2.75) is 4.90 Å². The second-order valence-corrected chi connectivity index (χ2v) is 6.81. The van der Waals surface area contributed by atoms with Crippen molar-refractivity contribution in [2.75, 3.05) is 26.2 Å². The Labute approximate surface area is 125 Å². The van der Waals surface area contributed by atoms with Crippen molar-refractivity contribution in [3.63, 3.8) is 0 Å². The van der Waals surface area contributed by atoms with Crippen LogP contribution in [0, 0.1) is 10.1 Å². The van der Waals surface area contributed by atoms with Crippen LogP contribution in [0.4, 0.5) is 5.69 Å². The number of hydrogen-bond donors (Lipinski definition) is 1. The predicted octanol–water partition coefficient (Wildman–Crippen LogP) is 1.50. The highest BCUT2D eigenvalue weighted by Crippen LogP contribution is 2.38. The number of hydrogen-bond acceptors (Lipinski definition) is 5. The van der Waals surface area contributed by atoms with Crippen LogP contribution in [0.3, 0.4) is 0 Å². The lowest BCUT2D eigenvalue weighted by Crippen LogP contribution is -2.46. The zero-order chi connectivity index (χ0) is 14.9. The van der Waals surface area contributed by atoms with Crippen LogP contribution in [0.15, 0.2) is 17.0 Å². The Morgan fingerprint density at radius 2 is 1.85 bits per heavy atom. The fraction of sp³-hybridized carbons (Fsp3) is 0.400. The molecule has 0 atom stereocenters. The fourth-order valence-corrected chi connectivity index (χ4v) is 4.22. The summed E-state index contributed by atoms with van der Waals surface area (Å²) in [5.74, 6) is 0. The minimum absolute atomic E-state index is 0.195. The van der Waals surface area contributed by atoms with Crippen LogP contribution in [0.1, 0.15) is 0 Å². The topological polar surface area (TPSA) is 92.5 Å². The molecule has 1 aromatic carbocycles. The first-order chi connectivity index (χ1) is 9.35. The number of nitrogens with zero attached hydrogens (tertiary/aromatic N) is 2. The van der Waals surface area contributed by atoms with E-state index in [1.54, 1.807) is 0 Å². The molecule has 1 fully saturated rings. The molecule has 1 N–H and O–H groups in total. The van der Waals surface area contributed by atoms with Gasteiger partial charge >= 0.3 is 5.69 Å². The Balaban J connectivity index is 2.52. The van der Waals surface area contributed by atoms with E-state index in [1.807, 2.05) is 0 Å². The molecule has 1 saturated heterocycles. The molecular weight excluding hydrogens is 329 g/mol. The van der Waals surface area contributed by atoms with Gasteiger partial charge in [-0.25, -0.2) is 8.42 Å². The predicted molar refractivity (Wildman–Crippen MR) is 74.7 cm³/mol. The average molecular weight is 340 g/mol. The quantitative estimate of drug-likeness (QED) is 0.665. The first-order valence-corrected chi connectivity index (χ1v) is 7.88. The summed E-state index contributed by atoms with van der Waals surface area (Å²) in [4.78, 5) is 9.83. The zero-order valence-electron chi connectivity index (χ0n) is 10.2. The molecular formula is C10H11Cl2N3O4S. The van der Waals surface area contributed by atoms with E-state index in [0.29, 0.717) is 13.1 Å². The van der Waals surface area contributed by atoms with E-state index in [9.17, 15) is 18.5 Å². The largest absolute Gasteiger partial charge is 0.314 e. The van der Waals surface area contributed by atoms with Crippen molar-refractivity contribution < 1.29 is 13.3 Å². The normalized spacial score (nSPS) is 17.1. The SMILES string of the molecule is O=[N+]([O-])c1c(Cl)ccc(S(=O)(=O)N2CCNCC2)c1Cl. The van der Waals surface area contributed by atoms with E-state index < -0.39 is 25.7 Å². The van der Waals surface area contributed by atoms with Gasteiger partial charge in [0.1, 0.15) is 14.9 Å². The third kappa shape index (κ3) is 2.75. The molecule has 0 aromatic heterocycles. The molecule has 0 saturated carbocycles. The second kappa shape index (κ2) is 5.82. The van der Waals surface area contributed by atoms with E-state index in [1.165, 1.54) is 16.4 Å². The molecule has 1 aliphatic rings. The number of nitrogens with one attached hydrogen (secondary N) is 1. The van der Waals surface area contributed by atoms with E-state index >= 15 is 0 Å². The summed E-state index contributed by atoms with van der Waals surface area (Å²) < 4.78 is 26.1. The molecule has 0 spiro atoms. The summed E-state index contributed by atoms with van der Waals surface area (Å²) in [5.41, 5.74) is -0.593. The lowest BCUT2D eigenvalue weighted by Gasteiger charge is -2.26. The maximum atomic E-state index is 12.4. The Morgan fingerprint density at radius 3 is 2.40 bits per heavy atom. The van der Waals surface area contributed by atoms with Gasteiger partial charge in [0.05, 0.1) is 4.92 Å². The molecule has 110 valence electrons. The summed E-state index contributed by atoms with van der Waals surface area (Å²) in [6.07, 6.45) is 0. The number of piperazine rings is 1. The maximum Gasteiger partial charge on any atom is 0.307 e. The third-order valence-corrected chi connectivity index (χ3v) is 5.65. The minimum Gasteiger partial charge on any atom is -0.314 e. The van der Waals surface area contributed by atoms with Crippen molar-refractivity contribution in [3.05, 3.63) is 32.3 Å². The number of benzene rings is 1. The number of nitro groups is 1. The standard InChI is InChI=1S/C10H11Cl2N3O4S/c11-7-1-2-8(9(12)10(7)15(16)17)20(18,19)14-5-3-13-4-6-14/h1-2,13H,3-6H2. The van der Waals surface area contributed by atoms with Gasteiger partial charge in [-0.05, 0) is 12.1 Å². The highest BCUT2D eigenvalue weighted by Gasteiger charge is 2.32. The lowest BCUT2D eigenvalue weighted by molar-refractivity contribution is -0.384. The highest BCUT2D eigenvalue weighted by atomic mass is 35.5. The Kier molecular flexibility index (Phi) is 4.50. The van der Waals surface area contributed by atoms with E-state index in [4.69, 9.17) is 23.2 Å². The summed E-state index contributed by atoms with van der Waals surface area (Å²) >= 11 is 11.6. The van der Waals surface area contributed by atoms with Gasteiger partial charge in [-0.2, -0.15) is 4.31 Å². The maximum absolute atomic E-state index is 12.4. The molecule has 0 aliphatic carbocycles. The van der Waals surface area contributed by atoms with Gasteiger partial charge in [-0.15, -0.1) is 0 Å².